The zero-order valence-electron chi connectivity index (χ0n) is 21.1. The Bertz CT molecular complexity index is 932. The molecule has 0 aliphatic heterocycles. The van der Waals surface area contributed by atoms with Crippen molar-refractivity contribution in [1.82, 2.24) is 0 Å². The van der Waals surface area contributed by atoms with Gasteiger partial charge in [-0.25, -0.2) is 0 Å². The molecule has 0 atom stereocenters. The highest BCUT2D eigenvalue weighted by molar-refractivity contribution is 8.55. The van der Waals surface area contributed by atoms with Gasteiger partial charge in [-0.1, -0.05) is 114 Å². The Morgan fingerprint density at radius 2 is 0.941 bits per heavy atom. The molecule has 3 N–H and O–H groups in total. The minimum absolute atomic E-state index is 0.745. The van der Waals surface area contributed by atoms with Crippen LogP contribution in [0.1, 0.15) is 102 Å². The Hall–Kier alpha value is -0.680. The number of hydrogen-bond donors (Lipinski definition) is 3. The lowest BCUT2D eigenvalue weighted by Gasteiger charge is -2.25. The van der Waals surface area contributed by atoms with E-state index >= 15 is 0 Å². The van der Waals surface area contributed by atoms with Crippen LogP contribution in [-0.2, 0) is 31.8 Å². The molecule has 3 nitrogen and oxygen atoms in total. The van der Waals surface area contributed by atoms with Gasteiger partial charge in [0.2, 0.25) is 0 Å². The van der Waals surface area contributed by atoms with E-state index in [0.717, 1.165) is 59.4 Å². The predicted octanol–water partition coefficient (Wildman–Crippen LogP) is 8.18. The number of hydrogen-bond acceptors (Lipinski definition) is 1. The van der Waals surface area contributed by atoms with E-state index in [9.17, 15) is 14.7 Å². The topological polar surface area (TPSA) is 60.7 Å². The first-order valence-corrected chi connectivity index (χ1v) is 17.9. The largest absolute Gasteiger partial charge is 0.328 e. The highest BCUT2D eigenvalue weighted by Gasteiger charge is 2.27. The highest BCUT2D eigenvalue weighted by atomic mass is 33.0. The van der Waals surface area contributed by atoms with Crippen molar-refractivity contribution < 1.29 is 14.7 Å². The standard InChI is InChI=1S/C28H45O3PS2/c1-3-5-7-9-11-13-19-25-21-15-17-23-27(25)34(33,32(29,30)31)28-24-18-16-22-26(28)20-14-12-10-8-6-4-2/h15-18,21-24,29-31H,3-14,19-20H2,1-2H3. The van der Waals surface area contributed by atoms with Gasteiger partial charge in [0.1, 0.15) is 0 Å². The number of rotatable bonds is 16. The van der Waals surface area contributed by atoms with Crippen LogP contribution in [-0.4, -0.2) is 14.7 Å². The van der Waals surface area contributed by atoms with E-state index in [0.29, 0.717) is 0 Å². The summed E-state index contributed by atoms with van der Waals surface area (Å²) >= 11 is 6.10. The third-order valence-corrected chi connectivity index (χ3v) is 15.3. The van der Waals surface area contributed by atoms with Crippen molar-refractivity contribution in [1.29, 1.82) is 0 Å². The molecule has 0 aliphatic rings. The minimum Gasteiger partial charge on any atom is -0.328 e. The fraction of sp³-hybridized carbons (Fsp3) is 0.571. The molecular formula is C28H45O3PS2. The van der Waals surface area contributed by atoms with Gasteiger partial charge in [0.15, 0.2) is 0 Å². The van der Waals surface area contributed by atoms with Crippen LogP contribution in [0.4, 0.5) is 0 Å². The second-order valence-electron chi connectivity index (χ2n) is 9.29. The van der Waals surface area contributed by atoms with Gasteiger partial charge in [0, 0.05) is 9.79 Å². The molecule has 0 amide bonds. The molecule has 0 heterocycles. The molecule has 2 aromatic carbocycles. The maximum atomic E-state index is 10.8. The smallest absolute Gasteiger partial charge is 0.290 e. The van der Waals surface area contributed by atoms with Gasteiger partial charge >= 0.3 is 0 Å². The van der Waals surface area contributed by atoms with Crippen molar-refractivity contribution in [3.05, 3.63) is 59.7 Å². The van der Waals surface area contributed by atoms with Crippen molar-refractivity contribution >= 4 is 25.7 Å². The molecule has 6 heteroatoms. The van der Waals surface area contributed by atoms with E-state index in [1.807, 2.05) is 48.5 Å². The van der Waals surface area contributed by atoms with Gasteiger partial charge in [-0.3, -0.25) is 0 Å². The van der Waals surface area contributed by atoms with Crippen LogP contribution in [0.3, 0.4) is 0 Å². The Labute approximate surface area is 213 Å². The van der Waals surface area contributed by atoms with E-state index in [2.05, 4.69) is 13.8 Å². The lowest BCUT2D eigenvalue weighted by Crippen LogP contribution is -2.10. The summed E-state index contributed by atoms with van der Waals surface area (Å²) in [5.74, 6) is 0. The average Bonchev–Trinajstić information content (AvgIpc) is 2.83. The molecule has 0 spiro atoms. The van der Waals surface area contributed by atoms with Gasteiger partial charge in [0.05, 0.1) is 0 Å². The first kappa shape index (κ1) is 29.5. The average molecular weight is 525 g/mol. The van der Waals surface area contributed by atoms with E-state index in [1.54, 1.807) is 0 Å². The maximum absolute atomic E-state index is 10.8. The summed E-state index contributed by atoms with van der Waals surface area (Å²) in [7, 11) is -2.82. The Morgan fingerprint density at radius 1 is 0.588 bits per heavy atom. The van der Waals surface area contributed by atoms with Gasteiger partial charge in [0.25, 0.3) is 6.72 Å². The van der Waals surface area contributed by atoms with Crippen LogP contribution >= 0.6 is 6.72 Å². The second kappa shape index (κ2) is 15.4. The molecule has 34 heavy (non-hydrogen) atoms. The van der Waals surface area contributed by atoms with E-state index in [1.165, 1.54) is 51.4 Å². The van der Waals surface area contributed by atoms with E-state index in [4.69, 9.17) is 11.2 Å². The summed E-state index contributed by atoms with van der Waals surface area (Å²) in [6.45, 7) is 0.100. The number of unbranched alkanes of at least 4 members (excludes halogenated alkanes) is 10. The van der Waals surface area contributed by atoms with E-state index < -0.39 is 14.5 Å². The lowest BCUT2D eigenvalue weighted by atomic mass is 10.0. The molecule has 0 bridgehead atoms. The SMILES string of the molecule is CCCCCCCCc1ccccc1S(=S)(c1ccccc1CCCCCCCC)=P(O)(O)O. The minimum atomic E-state index is -4.35. The fourth-order valence-corrected chi connectivity index (χ4v) is 10.5. The van der Waals surface area contributed by atoms with Crippen LogP contribution in [0.15, 0.2) is 58.3 Å². The molecule has 0 aromatic heterocycles. The molecular weight excluding hydrogens is 479 g/mol. The summed E-state index contributed by atoms with van der Waals surface area (Å²) in [6.07, 6.45) is 16.1. The molecule has 0 saturated heterocycles. The summed E-state index contributed by atoms with van der Waals surface area (Å²) in [4.78, 5) is 33.8. The van der Waals surface area contributed by atoms with Crippen molar-refractivity contribution in [3.63, 3.8) is 0 Å². The molecule has 192 valence electrons. The molecule has 0 aliphatic carbocycles. The third kappa shape index (κ3) is 8.47. The molecule has 0 saturated carbocycles. The number of aryl methyl sites for hydroxylation is 2. The first-order valence-electron chi connectivity index (χ1n) is 13.1. The summed E-state index contributed by atoms with van der Waals surface area (Å²) in [5, 5.41) is 0. The first-order chi connectivity index (χ1) is 16.4. The van der Waals surface area contributed by atoms with E-state index in [-0.39, 0.29) is 0 Å². The number of benzene rings is 2. The van der Waals surface area contributed by atoms with Crippen LogP contribution in [0.2, 0.25) is 0 Å². The second-order valence-corrected chi connectivity index (χ2v) is 17.6. The molecule has 2 rings (SSSR count). The van der Waals surface area contributed by atoms with Crippen molar-refractivity contribution in [2.24, 2.45) is 0 Å². The molecule has 0 radical (unpaired) electrons. The van der Waals surface area contributed by atoms with Crippen LogP contribution in [0.5, 0.6) is 0 Å². The van der Waals surface area contributed by atoms with Crippen LogP contribution in [0, 0.1) is 0 Å². The van der Waals surface area contributed by atoms with Gasteiger partial charge in [-0.05, 0) is 67.9 Å². The van der Waals surface area contributed by atoms with Crippen molar-refractivity contribution in [3.8, 4) is 0 Å². The maximum Gasteiger partial charge on any atom is 0.290 e. The Morgan fingerprint density at radius 3 is 1.32 bits per heavy atom. The zero-order valence-corrected chi connectivity index (χ0v) is 23.7. The summed E-state index contributed by atoms with van der Waals surface area (Å²) in [6, 6.07) is 15.7. The summed E-state index contributed by atoms with van der Waals surface area (Å²) in [5.41, 5.74) is 2.08. The monoisotopic (exact) mass is 524 g/mol. The third-order valence-electron chi connectivity index (χ3n) is 6.49. The zero-order chi connectivity index (χ0) is 24.9. The summed E-state index contributed by atoms with van der Waals surface area (Å²) < 4.78 is 0. The normalized spacial score (nSPS) is 12.3. The van der Waals surface area contributed by atoms with Crippen molar-refractivity contribution in [2.75, 3.05) is 0 Å². The van der Waals surface area contributed by atoms with Crippen LogP contribution < -0.4 is 0 Å². The van der Waals surface area contributed by atoms with Crippen molar-refractivity contribution in [2.45, 2.75) is 114 Å². The molecule has 2 aromatic rings. The predicted molar refractivity (Wildman–Crippen MR) is 152 cm³/mol. The Balaban J connectivity index is 2.33. The van der Waals surface area contributed by atoms with Gasteiger partial charge in [-0.15, -0.1) is 0 Å². The van der Waals surface area contributed by atoms with Gasteiger partial charge < -0.3 is 14.7 Å². The quantitative estimate of drug-likeness (QED) is 0.153. The lowest BCUT2D eigenvalue weighted by molar-refractivity contribution is 0.362. The highest BCUT2D eigenvalue weighted by Crippen LogP contribution is 2.49. The Kier molecular flexibility index (Phi) is 13.4. The molecule has 0 fully saturated rings. The fourth-order valence-electron chi connectivity index (χ4n) is 4.53. The van der Waals surface area contributed by atoms with Gasteiger partial charge in [-0.2, -0.15) is 0 Å². The molecule has 0 unspecified atom stereocenters. The van der Waals surface area contributed by atoms with Crippen LogP contribution in [0.25, 0.3) is 0 Å².